The fourth-order valence-electron chi connectivity index (χ4n) is 3.05. The Balaban J connectivity index is 1.89. The van der Waals surface area contributed by atoms with Crippen LogP contribution in [-0.2, 0) is 13.0 Å². The molecule has 98 valence electrons. The van der Waals surface area contributed by atoms with E-state index in [4.69, 9.17) is 5.11 Å². The Morgan fingerprint density at radius 2 is 2.11 bits per heavy atom. The number of aryl methyl sites for hydroxylation is 1. The van der Waals surface area contributed by atoms with E-state index >= 15 is 0 Å². The third-order valence-corrected chi connectivity index (χ3v) is 3.96. The van der Waals surface area contributed by atoms with Crippen molar-refractivity contribution >= 4 is 5.97 Å². The first-order valence-corrected chi connectivity index (χ1v) is 6.72. The zero-order chi connectivity index (χ0) is 13.2. The van der Waals surface area contributed by atoms with Gasteiger partial charge < -0.3 is 9.67 Å². The number of rotatable bonds is 3. The van der Waals surface area contributed by atoms with Gasteiger partial charge in [-0.1, -0.05) is 24.3 Å². The first-order chi connectivity index (χ1) is 9.25. The minimum atomic E-state index is -0.853. The lowest BCUT2D eigenvalue weighted by Gasteiger charge is -2.26. The zero-order valence-corrected chi connectivity index (χ0v) is 10.7. The lowest BCUT2D eigenvalue weighted by atomic mass is 9.83. The maximum atomic E-state index is 11.1. The molecule has 1 N–H and O–H groups in total. The molecule has 1 aliphatic carbocycles. The summed E-state index contributed by atoms with van der Waals surface area (Å²) in [7, 11) is 0. The summed E-state index contributed by atoms with van der Waals surface area (Å²) in [6, 6.07) is 12.0. The summed E-state index contributed by atoms with van der Waals surface area (Å²) in [6.07, 6.45) is 5.32. The summed E-state index contributed by atoms with van der Waals surface area (Å²) >= 11 is 0. The summed E-state index contributed by atoms with van der Waals surface area (Å²) in [4.78, 5) is 11.1. The number of nitrogens with zero attached hydrogens (tertiary/aromatic N) is 1. The second-order valence-corrected chi connectivity index (χ2v) is 5.14. The topological polar surface area (TPSA) is 42.2 Å². The van der Waals surface area contributed by atoms with Crippen molar-refractivity contribution in [1.29, 1.82) is 0 Å². The quantitative estimate of drug-likeness (QED) is 0.914. The van der Waals surface area contributed by atoms with Crippen LogP contribution in [0, 0.1) is 0 Å². The van der Waals surface area contributed by atoms with Crippen molar-refractivity contribution in [1.82, 2.24) is 4.57 Å². The summed E-state index contributed by atoms with van der Waals surface area (Å²) in [6.45, 7) is 0.756. The SMILES string of the molecule is O=C(O)c1cccn1CC1CCCc2ccccc21. The van der Waals surface area contributed by atoms with E-state index in [0.717, 1.165) is 19.4 Å². The molecule has 0 bridgehead atoms. The highest BCUT2D eigenvalue weighted by Gasteiger charge is 2.21. The number of hydrogen-bond donors (Lipinski definition) is 1. The van der Waals surface area contributed by atoms with Gasteiger partial charge in [-0.05, 0) is 42.5 Å². The molecule has 2 aromatic rings. The molecular formula is C16H17NO2. The molecule has 3 rings (SSSR count). The van der Waals surface area contributed by atoms with Gasteiger partial charge in [0.15, 0.2) is 0 Å². The maximum Gasteiger partial charge on any atom is 0.352 e. The molecule has 1 heterocycles. The number of fused-ring (bicyclic) bond motifs is 1. The smallest absolute Gasteiger partial charge is 0.352 e. The van der Waals surface area contributed by atoms with Crippen LogP contribution < -0.4 is 0 Å². The number of carboxylic acids is 1. The molecule has 0 aliphatic heterocycles. The fraction of sp³-hybridized carbons (Fsp3) is 0.312. The van der Waals surface area contributed by atoms with Crippen molar-refractivity contribution in [3.8, 4) is 0 Å². The van der Waals surface area contributed by atoms with Gasteiger partial charge in [-0.2, -0.15) is 0 Å². The molecule has 1 aromatic heterocycles. The van der Waals surface area contributed by atoms with Crippen LogP contribution in [0.5, 0.6) is 0 Å². The third-order valence-electron chi connectivity index (χ3n) is 3.96. The van der Waals surface area contributed by atoms with E-state index in [-0.39, 0.29) is 0 Å². The first-order valence-electron chi connectivity index (χ1n) is 6.72. The molecule has 0 spiro atoms. The van der Waals surface area contributed by atoms with E-state index in [1.807, 2.05) is 10.8 Å². The number of benzene rings is 1. The summed E-state index contributed by atoms with van der Waals surface area (Å²) in [5, 5.41) is 9.16. The molecular weight excluding hydrogens is 238 g/mol. The molecule has 0 radical (unpaired) electrons. The zero-order valence-electron chi connectivity index (χ0n) is 10.7. The van der Waals surface area contributed by atoms with Gasteiger partial charge in [0.2, 0.25) is 0 Å². The van der Waals surface area contributed by atoms with Gasteiger partial charge >= 0.3 is 5.97 Å². The molecule has 0 saturated heterocycles. The molecule has 3 heteroatoms. The number of aromatic carboxylic acids is 1. The van der Waals surface area contributed by atoms with E-state index in [9.17, 15) is 4.79 Å². The number of hydrogen-bond acceptors (Lipinski definition) is 1. The van der Waals surface area contributed by atoms with Gasteiger partial charge in [0.05, 0.1) is 0 Å². The highest BCUT2D eigenvalue weighted by atomic mass is 16.4. The molecule has 1 aliphatic rings. The Kier molecular flexibility index (Phi) is 3.11. The lowest BCUT2D eigenvalue weighted by Crippen LogP contribution is -2.17. The van der Waals surface area contributed by atoms with Crippen molar-refractivity contribution in [2.24, 2.45) is 0 Å². The van der Waals surface area contributed by atoms with Gasteiger partial charge in [0, 0.05) is 18.7 Å². The molecule has 0 saturated carbocycles. The summed E-state index contributed by atoms with van der Waals surface area (Å²) in [5.74, 6) is -0.426. The van der Waals surface area contributed by atoms with Crippen LogP contribution in [0.25, 0.3) is 0 Å². The van der Waals surface area contributed by atoms with Gasteiger partial charge in [-0.25, -0.2) is 4.79 Å². The van der Waals surface area contributed by atoms with Gasteiger partial charge in [0.1, 0.15) is 5.69 Å². The van der Waals surface area contributed by atoms with Crippen molar-refractivity contribution in [2.45, 2.75) is 31.7 Å². The Bertz CT molecular complexity index is 600. The highest BCUT2D eigenvalue weighted by Crippen LogP contribution is 2.32. The van der Waals surface area contributed by atoms with E-state index in [0.29, 0.717) is 11.6 Å². The molecule has 1 atom stereocenters. The number of carboxylic acid groups (broad SMARTS) is 1. The molecule has 1 unspecified atom stereocenters. The minimum absolute atomic E-state index is 0.378. The average Bonchev–Trinajstić information content (AvgIpc) is 2.87. The van der Waals surface area contributed by atoms with Crippen molar-refractivity contribution in [3.63, 3.8) is 0 Å². The van der Waals surface area contributed by atoms with Crippen molar-refractivity contribution in [3.05, 3.63) is 59.4 Å². The second kappa shape index (κ2) is 4.92. The minimum Gasteiger partial charge on any atom is -0.477 e. The first kappa shape index (κ1) is 12.0. The van der Waals surface area contributed by atoms with Crippen molar-refractivity contribution < 1.29 is 9.90 Å². The second-order valence-electron chi connectivity index (χ2n) is 5.14. The Labute approximate surface area is 112 Å². The maximum absolute atomic E-state index is 11.1. The Morgan fingerprint density at radius 1 is 1.26 bits per heavy atom. The van der Waals surface area contributed by atoms with Gasteiger partial charge in [-0.15, -0.1) is 0 Å². The lowest BCUT2D eigenvalue weighted by molar-refractivity contribution is 0.0684. The van der Waals surface area contributed by atoms with Crippen LogP contribution in [0.4, 0.5) is 0 Å². The van der Waals surface area contributed by atoms with Crippen LogP contribution in [0.1, 0.15) is 40.4 Å². The third kappa shape index (κ3) is 2.28. The molecule has 3 nitrogen and oxygen atoms in total. The molecule has 1 aromatic carbocycles. The van der Waals surface area contributed by atoms with Crippen LogP contribution in [0.3, 0.4) is 0 Å². The largest absolute Gasteiger partial charge is 0.477 e. The summed E-state index contributed by atoms with van der Waals surface area (Å²) in [5.41, 5.74) is 3.18. The Morgan fingerprint density at radius 3 is 2.95 bits per heavy atom. The number of carbonyl (C=O) groups is 1. The summed E-state index contributed by atoms with van der Waals surface area (Å²) < 4.78 is 1.86. The normalized spacial score (nSPS) is 18.0. The van der Waals surface area contributed by atoms with Crippen LogP contribution in [0.2, 0.25) is 0 Å². The standard InChI is InChI=1S/C16H17NO2/c18-16(19)15-9-4-10-17(15)11-13-7-3-6-12-5-1-2-8-14(12)13/h1-2,4-5,8-10,13H,3,6-7,11H2,(H,18,19). The van der Waals surface area contributed by atoms with Crippen molar-refractivity contribution in [2.75, 3.05) is 0 Å². The number of aromatic nitrogens is 1. The van der Waals surface area contributed by atoms with E-state index in [1.165, 1.54) is 17.5 Å². The van der Waals surface area contributed by atoms with E-state index in [2.05, 4.69) is 24.3 Å². The molecule has 0 amide bonds. The Hall–Kier alpha value is -2.03. The molecule has 19 heavy (non-hydrogen) atoms. The monoisotopic (exact) mass is 255 g/mol. The predicted molar refractivity (Wildman–Crippen MR) is 73.5 cm³/mol. The fourth-order valence-corrected chi connectivity index (χ4v) is 3.05. The van der Waals surface area contributed by atoms with Gasteiger partial charge in [-0.3, -0.25) is 0 Å². The van der Waals surface area contributed by atoms with Gasteiger partial charge in [0.25, 0.3) is 0 Å². The van der Waals surface area contributed by atoms with Crippen LogP contribution in [-0.4, -0.2) is 15.6 Å². The average molecular weight is 255 g/mol. The molecule has 0 fully saturated rings. The predicted octanol–water partition coefficient (Wildman–Crippen LogP) is 3.31. The van der Waals surface area contributed by atoms with E-state index in [1.54, 1.807) is 12.1 Å². The van der Waals surface area contributed by atoms with Crippen LogP contribution in [0.15, 0.2) is 42.6 Å². The van der Waals surface area contributed by atoms with Crippen LogP contribution >= 0.6 is 0 Å². The highest BCUT2D eigenvalue weighted by molar-refractivity contribution is 5.85. The van der Waals surface area contributed by atoms with E-state index < -0.39 is 5.97 Å².